The highest BCUT2D eigenvalue weighted by Gasteiger charge is 2.15. The predicted octanol–water partition coefficient (Wildman–Crippen LogP) is 2.32. The summed E-state index contributed by atoms with van der Waals surface area (Å²) in [5.74, 6) is 1.16. The van der Waals surface area contributed by atoms with E-state index in [0.29, 0.717) is 0 Å². The summed E-state index contributed by atoms with van der Waals surface area (Å²) in [5.41, 5.74) is 0. The zero-order valence-electron chi connectivity index (χ0n) is 8.85. The SMILES string of the molecule is I.c1ccc2c(N3CCNCC3)nsc2c1. The monoisotopic (exact) mass is 347 g/mol. The predicted molar refractivity (Wildman–Crippen MR) is 80.1 cm³/mol. The molecule has 2 heterocycles. The fourth-order valence-corrected chi connectivity index (χ4v) is 2.77. The van der Waals surface area contributed by atoms with Crippen molar-refractivity contribution in [3.63, 3.8) is 0 Å². The van der Waals surface area contributed by atoms with Crippen LogP contribution in [0.1, 0.15) is 0 Å². The number of benzene rings is 1. The zero-order valence-corrected chi connectivity index (χ0v) is 12.0. The van der Waals surface area contributed by atoms with Gasteiger partial charge in [-0.3, -0.25) is 0 Å². The number of nitrogens with zero attached hydrogens (tertiary/aromatic N) is 2. The molecule has 0 aliphatic carbocycles. The van der Waals surface area contributed by atoms with Gasteiger partial charge in [-0.25, -0.2) is 0 Å². The maximum atomic E-state index is 4.56. The van der Waals surface area contributed by atoms with Gasteiger partial charge < -0.3 is 10.2 Å². The standard InChI is InChI=1S/C11H13N3S.HI/c1-2-4-10-9(3-1)11(13-15-10)14-7-5-12-6-8-14;/h1-4,12H,5-8H2;1H. The molecule has 0 radical (unpaired) electrons. The fourth-order valence-electron chi connectivity index (χ4n) is 1.98. The Morgan fingerprint density at radius 2 is 1.94 bits per heavy atom. The Morgan fingerprint density at radius 1 is 1.19 bits per heavy atom. The molecule has 16 heavy (non-hydrogen) atoms. The molecule has 1 aliphatic rings. The van der Waals surface area contributed by atoms with Crippen molar-refractivity contribution < 1.29 is 0 Å². The number of piperazine rings is 1. The summed E-state index contributed by atoms with van der Waals surface area (Å²) in [6.45, 7) is 4.25. The molecule has 0 bridgehead atoms. The number of nitrogens with one attached hydrogen (secondary N) is 1. The van der Waals surface area contributed by atoms with Crippen LogP contribution in [0.15, 0.2) is 24.3 Å². The first-order valence-corrected chi connectivity index (χ1v) is 6.02. The smallest absolute Gasteiger partial charge is 0.150 e. The first-order chi connectivity index (χ1) is 7.45. The number of hydrogen-bond donors (Lipinski definition) is 1. The molecule has 5 heteroatoms. The van der Waals surface area contributed by atoms with Gasteiger partial charge in [-0.05, 0) is 23.7 Å². The van der Waals surface area contributed by atoms with Crippen molar-refractivity contribution in [3.05, 3.63) is 24.3 Å². The Kier molecular flexibility index (Phi) is 3.99. The van der Waals surface area contributed by atoms with Gasteiger partial charge in [-0.15, -0.1) is 24.0 Å². The van der Waals surface area contributed by atoms with Gasteiger partial charge in [-0.2, -0.15) is 4.37 Å². The number of halogens is 1. The third-order valence-corrected chi connectivity index (χ3v) is 3.59. The molecule has 1 saturated heterocycles. The van der Waals surface area contributed by atoms with Crippen molar-refractivity contribution in [1.82, 2.24) is 9.69 Å². The van der Waals surface area contributed by atoms with Crippen LogP contribution in [-0.4, -0.2) is 30.6 Å². The van der Waals surface area contributed by atoms with E-state index in [2.05, 4.69) is 38.9 Å². The third-order valence-electron chi connectivity index (χ3n) is 2.77. The lowest BCUT2D eigenvalue weighted by molar-refractivity contribution is 0.587. The topological polar surface area (TPSA) is 28.2 Å². The Labute approximate surface area is 116 Å². The minimum Gasteiger partial charge on any atom is -0.353 e. The fraction of sp³-hybridized carbons (Fsp3) is 0.364. The molecule has 3 nitrogen and oxygen atoms in total. The van der Waals surface area contributed by atoms with E-state index in [9.17, 15) is 0 Å². The molecule has 2 aromatic rings. The lowest BCUT2D eigenvalue weighted by atomic mass is 10.2. The van der Waals surface area contributed by atoms with Crippen molar-refractivity contribution in [2.24, 2.45) is 0 Å². The summed E-state index contributed by atoms with van der Waals surface area (Å²) in [6, 6.07) is 8.46. The van der Waals surface area contributed by atoms with Gasteiger partial charge in [0.25, 0.3) is 0 Å². The Balaban J connectivity index is 0.000000963. The highest BCUT2D eigenvalue weighted by atomic mass is 127. The van der Waals surface area contributed by atoms with Crippen LogP contribution in [0.2, 0.25) is 0 Å². The van der Waals surface area contributed by atoms with E-state index in [4.69, 9.17) is 0 Å². The van der Waals surface area contributed by atoms with Crippen LogP contribution >= 0.6 is 35.5 Å². The van der Waals surface area contributed by atoms with Crippen LogP contribution in [0.4, 0.5) is 5.82 Å². The van der Waals surface area contributed by atoms with Crippen LogP contribution in [0.25, 0.3) is 10.1 Å². The second-order valence-corrected chi connectivity index (χ2v) is 4.54. The van der Waals surface area contributed by atoms with Gasteiger partial charge in [0.2, 0.25) is 0 Å². The number of hydrogen-bond acceptors (Lipinski definition) is 4. The second-order valence-electron chi connectivity index (χ2n) is 3.74. The number of aromatic nitrogens is 1. The number of rotatable bonds is 1. The quantitative estimate of drug-likeness (QED) is 0.803. The maximum Gasteiger partial charge on any atom is 0.150 e. The van der Waals surface area contributed by atoms with E-state index in [1.54, 1.807) is 11.5 Å². The van der Waals surface area contributed by atoms with Crippen LogP contribution in [0.3, 0.4) is 0 Å². The average Bonchev–Trinajstić information content (AvgIpc) is 2.74. The molecule has 0 atom stereocenters. The van der Waals surface area contributed by atoms with Gasteiger partial charge in [0.05, 0.1) is 4.70 Å². The van der Waals surface area contributed by atoms with Gasteiger partial charge in [0.15, 0.2) is 0 Å². The van der Waals surface area contributed by atoms with E-state index in [0.717, 1.165) is 32.0 Å². The van der Waals surface area contributed by atoms with Crippen LogP contribution < -0.4 is 10.2 Å². The molecule has 1 aromatic heterocycles. The largest absolute Gasteiger partial charge is 0.353 e. The lowest BCUT2D eigenvalue weighted by Crippen LogP contribution is -2.43. The molecular formula is C11H14IN3S. The van der Waals surface area contributed by atoms with E-state index in [1.165, 1.54) is 10.1 Å². The van der Waals surface area contributed by atoms with E-state index in [-0.39, 0.29) is 24.0 Å². The minimum absolute atomic E-state index is 0. The minimum atomic E-state index is 0. The molecular weight excluding hydrogens is 333 g/mol. The third kappa shape index (κ3) is 2.16. The molecule has 0 unspecified atom stereocenters. The van der Waals surface area contributed by atoms with E-state index < -0.39 is 0 Å². The zero-order chi connectivity index (χ0) is 10.1. The van der Waals surface area contributed by atoms with Gasteiger partial charge in [-0.1, -0.05) is 12.1 Å². The van der Waals surface area contributed by atoms with Gasteiger partial charge in [0.1, 0.15) is 5.82 Å². The Morgan fingerprint density at radius 3 is 2.75 bits per heavy atom. The van der Waals surface area contributed by atoms with Crippen molar-refractivity contribution >= 4 is 51.4 Å². The summed E-state index contributed by atoms with van der Waals surface area (Å²) < 4.78 is 5.84. The summed E-state index contributed by atoms with van der Waals surface area (Å²) in [7, 11) is 0. The second kappa shape index (κ2) is 5.29. The van der Waals surface area contributed by atoms with Crippen molar-refractivity contribution in [2.75, 3.05) is 31.1 Å². The molecule has 1 aliphatic heterocycles. The van der Waals surface area contributed by atoms with Crippen LogP contribution in [0, 0.1) is 0 Å². The van der Waals surface area contributed by atoms with Crippen molar-refractivity contribution in [3.8, 4) is 0 Å². The molecule has 1 N–H and O–H groups in total. The van der Waals surface area contributed by atoms with E-state index >= 15 is 0 Å². The molecule has 0 saturated carbocycles. The highest BCUT2D eigenvalue weighted by molar-refractivity contribution is 14.0. The first-order valence-electron chi connectivity index (χ1n) is 5.25. The number of fused-ring (bicyclic) bond motifs is 1. The van der Waals surface area contributed by atoms with E-state index in [1.807, 2.05) is 0 Å². The van der Waals surface area contributed by atoms with Gasteiger partial charge in [0, 0.05) is 31.6 Å². The van der Waals surface area contributed by atoms with Crippen LogP contribution in [0.5, 0.6) is 0 Å². The molecule has 1 aromatic carbocycles. The summed E-state index contributed by atoms with van der Waals surface area (Å²) in [4.78, 5) is 2.37. The first kappa shape index (κ1) is 12.1. The Bertz CT molecular complexity index is 465. The average molecular weight is 347 g/mol. The molecule has 1 fully saturated rings. The summed E-state index contributed by atoms with van der Waals surface area (Å²) in [5, 5.41) is 4.65. The summed E-state index contributed by atoms with van der Waals surface area (Å²) in [6.07, 6.45) is 0. The lowest BCUT2D eigenvalue weighted by Gasteiger charge is -2.27. The van der Waals surface area contributed by atoms with Gasteiger partial charge >= 0.3 is 0 Å². The highest BCUT2D eigenvalue weighted by Crippen LogP contribution is 2.29. The molecule has 3 rings (SSSR count). The molecule has 86 valence electrons. The normalized spacial score (nSPS) is 16.1. The number of anilines is 1. The summed E-state index contributed by atoms with van der Waals surface area (Å²) >= 11 is 1.60. The Hall–Kier alpha value is -0.400. The molecule has 0 amide bonds. The van der Waals surface area contributed by atoms with Crippen molar-refractivity contribution in [2.45, 2.75) is 0 Å². The molecule has 0 spiro atoms. The maximum absolute atomic E-state index is 4.56. The van der Waals surface area contributed by atoms with Crippen molar-refractivity contribution in [1.29, 1.82) is 0 Å². The van der Waals surface area contributed by atoms with Crippen LogP contribution in [-0.2, 0) is 0 Å².